The van der Waals surface area contributed by atoms with Crippen molar-refractivity contribution in [1.82, 2.24) is 4.90 Å². The number of nitrogens with one attached hydrogen (secondary N) is 1. The van der Waals surface area contributed by atoms with Crippen LogP contribution in [0, 0.1) is 5.92 Å². The van der Waals surface area contributed by atoms with Crippen LogP contribution in [0.3, 0.4) is 0 Å². The topological polar surface area (TPSA) is 32.3 Å². The van der Waals surface area contributed by atoms with Gasteiger partial charge in [-0.3, -0.25) is 4.79 Å². The molecule has 0 spiro atoms. The molecule has 3 nitrogen and oxygen atoms in total. The van der Waals surface area contributed by atoms with Gasteiger partial charge in [-0.25, -0.2) is 0 Å². The molecule has 0 radical (unpaired) electrons. The van der Waals surface area contributed by atoms with Crippen molar-refractivity contribution in [3.05, 3.63) is 29.3 Å². The number of hydrogen-bond donors (Lipinski definition) is 1. The Balaban J connectivity index is 1.91. The summed E-state index contributed by atoms with van der Waals surface area (Å²) in [4.78, 5) is 14.8. The number of hydrogen-bond acceptors (Lipinski definition) is 2. The normalized spacial score (nSPS) is 19.1. The van der Waals surface area contributed by atoms with Crippen LogP contribution in [0.4, 0.5) is 5.69 Å². The predicted octanol–water partition coefficient (Wildman–Crippen LogP) is 3.87. The van der Waals surface area contributed by atoms with Crippen LogP contribution in [-0.2, 0) is 17.6 Å². The number of amides is 1. The fraction of sp³-hybridized carbons (Fsp3) is 0.632. The molecule has 1 atom stereocenters. The average Bonchev–Trinajstić information content (AvgIpc) is 2.53. The fourth-order valence-corrected chi connectivity index (χ4v) is 3.35. The summed E-state index contributed by atoms with van der Waals surface area (Å²) in [5.41, 5.74) is 3.52. The minimum atomic E-state index is 0.147. The van der Waals surface area contributed by atoms with Crippen molar-refractivity contribution < 1.29 is 4.79 Å². The zero-order valence-corrected chi connectivity index (χ0v) is 14.3. The SMILES string of the molecule is CCc1cccc(CC)c1NC(=O)CCN1CCCC(C)C1. The second-order valence-corrected chi connectivity index (χ2v) is 6.50. The smallest absolute Gasteiger partial charge is 0.225 e. The van der Waals surface area contributed by atoms with Crippen molar-refractivity contribution in [3.63, 3.8) is 0 Å². The highest BCUT2D eigenvalue weighted by molar-refractivity contribution is 5.92. The Hall–Kier alpha value is -1.35. The number of carbonyl (C=O) groups excluding carboxylic acids is 1. The lowest BCUT2D eigenvalue weighted by Gasteiger charge is -2.30. The summed E-state index contributed by atoms with van der Waals surface area (Å²) >= 11 is 0. The minimum absolute atomic E-state index is 0.147. The summed E-state index contributed by atoms with van der Waals surface area (Å²) in [6, 6.07) is 6.31. The molecule has 0 aliphatic carbocycles. The summed E-state index contributed by atoms with van der Waals surface area (Å²) in [6.45, 7) is 9.74. The number of aryl methyl sites for hydroxylation is 2. The van der Waals surface area contributed by atoms with E-state index in [0.717, 1.165) is 44.1 Å². The van der Waals surface area contributed by atoms with Crippen molar-refractivity contribution in [2.75, 3.05) is 25.0 Å². The molecule has 122 valence electrons. The summed E-state index contributed by atoms with van der Waals surface area (Å²) in [6.07, 6.45) is 5.09. The summed E-state index contributed by atoms with van der Waals surface area (Å²) in [5.74, 6) is 0.915. The first-order valence-corrected chi connectivity index (χ1v) is 8.77. The van der Waals surface area contributed by atoms with Crippen LogP contribution in [0.25, 0.3) is 0 Å². The van der Waals surface area contributed by atoms with Gasteiger partial charge in [0.15, 0.2) is 0 Å². The van der Waals surface area contributed by atoms with Crippen molar-refractivity contribution >= 4 is 11.6 Å². The molecule has 1 aliphatic heterocycles. The highest BCUT2D eigenvalue weighted by Gasteiger charge is 2.17. The molecule has 1 saturated heterocycles. The van der Waals surface area contributed by atoms with Gasteiger partial charge in [-0.2, -0.15) is 0 Å². The largest absolute Gasteiger partial charge is 0.326 e. The van der Waals surface area contributed by atoms with Gasteiger partial charge in [-0.15, -0.1) is 0 Å². The molecule has 1 aliphatic rings. The molecule has 0 saturated carbocycles. The number of likely N-dealkylation sites (tertiary alicyclic amines) is 1. The third-order valence-corrected chi connectivity index (χ3v) is 4.66. The Labute approximate surface area is 135 Å². The molecule has 1 amide bonds. The van der Waals surface area contributed by atoms with Crippen molar-refractivity contribution in [2.45, 2.75) is 52.9 Å². The van der Waals surface area contributed by atoms with E-state index < -0.39 is 0 Å². The van der Waals surface area contributed by atoms with E-state index in [9.17, 15) is 4.79 Å². The van der Waals surface area contributed by atoms with Gasteiger partial charge < -0.3 is 10.2 Å². The van der Waals surface area contributed by atoms with E-state index in [4.69, 9.17) is 0 Å². The molecule has 0 bridgehead atoms. The van der Waals surface area contributed by atoms with Crippen molar-refractivity contribution in [3.8, 4) is 0 Å². The van der Waals surface area contributed by atoms with Crippen LogP contribution in [0.1, 0.15) is 51.2 Å². The van der Waals surface area contributed by atoms with Crippen LogP contribution in [0.5, 0.6) is 0 Å². The molecule has 1 heterocycles. The summed E-state index contributed by atoms with van der Waals surface area (Å²) < 4.78 is 0. The minimum Gasteiger partial charge on any atom is -0.326 e. The number of anilines is 1. The molecule has 2 rings (SSSR count). The molecule has 1 aromatic carbocycles. The molecular formula is C19H30N2O. The molecule has 0 aromatic heterocycles. The second kappa shape index (κ2) is 8.33. The quantitative estimate of drug-likeness (QED) is 0.865. The highest BCUT2D eigenvalue weighted by Crippen LogP contribution is 2.23. The summed E-state index contributed by atoms with van der Waals surface area (Å²) in [5, 5.41) is 3.17. The maximum atomic E-state index is 12.3. The van der Waals surface area contributed by atoms with E-state index in [0.29, 0.717) is 6.42 Å². The second-order valence-electron chi connectivity index (χ2n) is 6.50. The van der Waals surface area contributed by atoms with Gasteiger partial charge in [-0.05, 0) is 49.3 Å². The third kappa shape index (κ3) is 4.57. The standard InChI is InChI=1S/C19H30N2O/c1-4-16-9-6-10-17(5-2)19(16)20-18(22)11-13-21-12-7-8-15(3)14-21/h6,9-10,15H,4-5,7-8,11-14H2,1-3H3,(H,20,22). The van der Waals surface area contributed by atoms with Crippen LogP contribution in [0.15, 0.2) is 18.2 Å². The maximum absolute atomic E-state index is 12.3. The number of rotatable bonds is 6. The average molecular weight is 302 g/mol. The Morgan fingerprint density at radius 2 is 1.95 bits per heavy atom. The van der Waals surface area contributed by atoms with Crippen molar-refractivity contribution in [1.29, 1.82) is 0 Å². The lowest BCUT2D eigenvalue weighted by molar-refractivity contribution is -0.116. The zero-order valence-electron chi connectivity index (χ0n) is 14.3. The Morgan fingerprint density at radius 1 is 1.27 bits per heavy atom. The predicted molar refractivity (Wildman–Crippen MR) is 93.3 cm³/mol. The van der Waals surface area contributed by atoms with E-state index in [1.807, 2.05) is 0 Å². The lowest BCUT2D eigenvalue weighted by Crippen LogP contribution is -2.36. The van der Waals surface area contributed by atoms with Gasteiger partial charge in [-0.1, -0.05) is 39.0 Å². The Kier molecular flexibility index (Phi) is 6.44. The van der Waals surface area contributed by atoms with E-state index in [-0.39, 0.29) is 5.91 Å². The van der Waals surface area contributed by atoms with Crippen LogP contribution in [0.2, 0.25) is 0 Å². The number of benzene rings is 1. The number of para-hydroxylation sites is 1. The van der Waals surface area contributed by atoms with Gasteiger partial charge >= 0.3 is 0 Å². The molecule has 22 heavy (non-hydrogen) atoms. The van der Waals surface area contributed by atoms with E-state index >= 15 is 0 Å². The fourth-order valence-electron chi connectivity index (χ4n) is 3.35. The Bertz CT molecular complexity index is 476. The monoisotopic (exact) mass is 302 g/mol. The van der Waals surface area contributed by atoms with E-state index in [2.05, 4.69) is 49.2 Å². The van der Waals surface area contributed by atoms with Gasteiger partial charge in [0.05, 0.1) is 0 Å². The van der Waals surface area contributed by atoms with Gasteiger partial charge in [0.1, 0.15) is 0 Å². The molecule has 1 aromatic rings. The van der Waals surface area contributed by atoms with E-state index in [1.165, 1.54) is 24.0 Å². The van der Waals surface area contributed by atoms with Gasteiger partial charge in [0, 0.05) is 25.2 Å². The number of nitrogens with zero attached hydrogens (tertiary/aromatic N) is 1. The molecule has 3 heteroatoms. The number of piperidine rings is 1. The van der Waals surface area contributed by atoms with Gasteiger partial charge in [0.25, 0.3) is 0 Å². The van der Waals surface area contributed by atoms with Gasteiger partial charge in [0.2, 0.25) is 5.91 Å². The Morgan fingerprint density at radius 3 is 2.55 bits per heavy atom. The maximum Gasteiger partial charge on any atom is 0.225 e. The number of carbonyl (C=O) groups is 1. The first-order chi connectivity index (χ1) is 10.6. The third-order valence-electron chi connectivity index (χ3n) is 4.66. The van der Waals surface area contributed by atoms with Crippen LogP contribution >= 0.6 is 0 Å². The molecule has 1 fully saturated rings. The first-order valence-electron chi connectivity index (χ1n) is 8.77. The molecule has 1 N–H and O–H groups in total. The highest BCUT2D eigenvalue weighted by atomic mass is 16.1. The van der Waals surface area contributed by atoms with E-state index in [1.54, 1.807) is 0 Å². The lowest BCUT2D eigenvalue weighted by atomic mass is 10.0. The summed E-state index contributed by atoms with van der Waals surface area (Å²) in [7, 11) is 0. The molecule has 1 unspecified atom stereocenters. The zero-order chi connectivity index (χ0) is 15.9. The first kappa shape index (κ1) is 17.0. The van der Waals surface area contributed by atoms with Crippen LogP contribution in [-0.4, -0.2) is 30.4 Å². The van der Waals surface area contributed by atoms with Crippen molar-refractivity contribution in [2.24, 2.45) is 5.92 Å². The molecular weight excluding hydrogens is 272 g/mol. The van der Waals surface area contributed by atoms with Crippen LogP contribution < -0.4 is 5.32 Å².